The molecule has 2 rings (SSSR count). The lowest BCUT2D eigenvalue weighted by molar-refractivity contribution is 0.164. The molecule has 0 nitrogen and oxygen atoms in total. The van der Waals surface area contributed by atoms with E-state index in [0.29, 0.717) is 17.9 Å². The predicted molar refractivity (Wildman–Crippen MR) is 57.1 cm³/mol. The Hall–Kier alpha value is -0.630. The van der Waals surface area contributed by atoms with Crippen molar-refractivity contribution in [2.75, 3.05) is 5.88 Å². The molecule has 0 spiro atoms. The number of benzene rings is 1. The summed E-state index contributed by atoms with van der Waals surface area (Å²) in [5, 5.41) is 0. The highest BCUT2D eigenvalue weighted by molar-refractivity contribution is 6.18. The molecule has 1 aliphatic carbocycles. The van der Waals surface area contributed by atoms with Crippen LogP contribution in [0.5, 0.6) is 0 Å². The zero-order chi connectivity index (χ0) is 10.9. The number of rotatable bonds is 3. The van der Waals surface area contributed by atoms with Gasteiger partial charge in [-0.1, -0.05) is 6.42 Å². The van der Waals surface area contributed by atoms with E-state index >= 15 is 0 Å². The Kier molecular flexibility index (Phi) is 2.96. The molecule has 0 heterocycles. The van der Waals surface area contributed by atoms with E-state index in [0.717, 1.165) is 25.3 Å². The Bertz CT molecular complexity index is 353. The van der Waals surface area contributed by atoms with Gasteiger partial charge in [0.1, 0.15) is 11.6 Å². The van der Waals surface area contributed by atoms with Gasteiger partial charge < -0.3 is 0 Å². The number of alkyl halides is 1. The lowest BCUT2D eigenvalue weighted by Crippen LogP contribution is -2.33. The molecule has 3 heteroatoms. The van der Waals surface area contributed by atoms with E-state index < -0.39 is 0 Å². The molecule has 1 saturated carbocycles. The van der Waals surface area contributed by atoms with E-state index in [4.69, 9.17) is 11.6 Å². The molecule has 0 amide bonds. The van der Waals surface area contributed by atoms with Crippen LogP contribution in [0.2, 0.25) is 0 Å². The van der Waals surface area contributed by atoms with Crippen LogP contribution >= 0.6 is 11.6 Å². The summed E-state index contributed by atoms with van der Waals surface area (Å²) in [6.07, 6.45) is 3.74. The molecule has 1 aromatic carbocycles. The first-order valence-corrected chi connectivity index (χ1v) is 5.69. The molecule has 0 aliphatic heterocycles. The van der Waals surface area contributed by atoms with E-state index in [1.807, 2.05) is 0 Å². The second kappa shape index (κ2) is 4.09. The molecule has 0 radical (unpaired) electrons. The summed E-state index contributed by atoms with van der Waals surface area (Å²) in [6.45, 7) is 0. The van der Waals surface area contributed by atoms with Crippen LogP contribution in [0.3, 0.4) is 0 Å². The molecule has 1 aliphatic rings. The fraction of sp³-hybridized carbons (Fsp3) is 0.500. The van der Waals surface area contributed by atoms with Crippen LogP contribution in [0.15, 0.2) is 18.2 Å². The maximum atomic E-state index is 13.4. The van der Waals surface area contributed by atoms with Gasteiger partial charge in [0.05, 0.1) is 0 Å². The van der Waals surface area contributed by atoms with E-state index in [-0.39, 0.29) is 17.0 Å². The summed E-state index contributed by atoms with van der Waals surface area (Å²) in [7, 11) is 0. The van der Waals surface area contributed by atoms with Crippen LogP contribution in [-0.4, -0.2) is 5.88 Å². The second-order valence-electron chi connectivity index (χ2n) is 4.40. The summed E-state index contributed by atoms with van der Waals surface area (Å²) < 4.78 is 26.3. The highest BCUT2D eigenvalue weighted by Crippen LogP contribution is 2.44. The largest absolute Gasteiger partial charge is 0.207 e. The van der Waals surface area contributed by atoms with Gasteiger partial charge in [0, 0.05) is 5.88 Å². The topological polar surface area (TPSA) is 0 Å². The summed E-state index contributed by atoms with van der Waals surface area (Å²) >= 11 is 5.89. The molecular formula is C12H13ClF2. The minimum absolute atomic E-state index is 0.0101. The molecule has 0 saturated heterocycles. The van der Waals surface area contributed by atoms with E-state index in [2.05, 4.69) is 0 Å². The van der Waals surface area contributed by atoms with Gasteiger partial charge >= 0.3 is 0 Å². The van der Waals surface area contributed by atoms with E-state index in [1.54, 1.807) is 0 Å². The standard InChI is InChI=1S/C12H13ClF2/c13-8-12(4-1-5-12)7-9-6-10(14)2-3-11(9)15/h2-3,6H,1,4-5,7-8H2. The smallest absolute Gasteiger partial charge is 0.126 e. The molecule has 0 atom stereocenters. The number of hydrogen-bond donors (Lipinski definition) is 0. The summed E-state index contributed by atoms with van der Waals surface area (Å²) in [4.78, 5) is 0. The van der Waals surface area contributed by atoms with E-state index in [1.165, 1.54) is 12.1 Å². The van der Waals surface area contributed by atoms with Gasteiger partial charge in [-0.05, 0) is 48.4 Å². The van der Waals surface area contributed by atoms with Crippen LogP contribution in [0.1, 0.15) is 24.8 Å². The third-order valence-electron chi connectivity index (χ3n) is 3.27. The van der Waals surface area contributed by atoms with Crippen LogP contribution < -0.4 is 0 Å². The number of hydrogen-bond acceptors (Lipinski definition) is 0. The quantitative estimate of drug-likeness (QED) is 0.691. The monoisotopic (exact) mass is 230 g/mol. The molecular weight excluding hydrogens is 218 g/mol. The first-order valence-electron chi connectivity index (χ1n) is 5.15. The Balaban J connectivity index is 2.19. The Morgan fingerprint density at radius 1 is 1.27 bits per heavy atom. The van der Waals surface area contributed by atoms with Gasteiger partial charge in [-0.2, -0.15) is 0 Å². The van der Waals surface area contributed by atoms with Crippen molar-refractivity contribution in [3.05, 3.63) is 35.4 Å². The van der Waals surface area contributed by atoms with Gasteiger partial charge in [-0.15, -0.1) is 11.6 Å². The predicted octanol–water partition coefficient (Wildman–Crippen LogP) is 3.92. The maximum Gasteiger partial charge on any atom is 0.126 e. The molecule has 0 N–H and O–H groups in total. The zero-order valence-corrected chi connectivity index (χ0v) is 9.16. The van der Waals surface area contributed by atoms with Gasteiger partial charge in [0.15, 0.2) is 0 Å². The van der Waals surface area contributed by atoms with Crippen molar-refractivity contribution in [2.45, 2.75) is 25.7 Å². The SMILES string of the molecule is Fc1ccc(F)c(CC2(CCl)CCC2)c1. The fourth-order valence-corrected chi connectivity index (χ4v) is 2.48. The Morgan fingerprint density at radius 2 is 2.00 bits per heavy atom. The number of halogens is 3. The summed E-state index contributed by atoms with van der Waals surface area (Å²) in [6, 6.07) is 3.61. The average molecular weight is 231 g/mol. The minimum Gasteiger partial charge on any atom is -0.207 e. The lowest BCUT2D eigenvalue weighted by atomic mass is 9.67. The summed E-state index contributed by atoms with van der Waals surface area (Å²) in [5.74, 6) is -0.175. The molecule has 15 heavy (non-hydrogen) atoms. The van der Waals surface area contributed by atoms with Gasteiger partial charge in [0.2, 0.25) is 0 Å². The van der Waals surface area contributed by atoms with Gasteiger partial charge in [-0.25, -0.2) is 8.78 Å². The first kappa shape index (κ1) is 10.9. The average Bonchev–Trinajstić information content (AvgIpc) is 2.17. The highest BCUT2D eigenvalue weighted by Gasteiger charge is 2.36. The Morgan fingerprint density at radius 3 is 2.53 bits per heavy atom. The minimum atomic E-state index is -0.379. The van der Waals surface area contributed by atoms with Gasteiger partial charge in [0.25, 0.3) is 0 Å². The maximum absolute atomic E-state index is 13.4. The zero-order valence-electron chi connectivity index (χ0n) is 8.40. The summed E-state index contributed by atoms with van der Waals surface area (Å²) in [5.41, 5.74) is 0.464. The third kappa shape index (κ3) is 2.15. The first-order chi connectivity index (χ1) is 7.15. The van der Waals surface area contributed by atoms with Crippen LogP contribution in [-0.2, 0) is 6.42 Å². The van der Waals surface area contributed by atoms with E-state index in [9.17, 15) is 8.78 Å². The Labute approximate surface area is 93.2 Å². The lowest BCUT2D eigenvalue weighted by Gasteiger charge is -2.40. The molecule has 0 aromatic heterocycles. The highest BCUT2D eigenvalue weighted by atomic mass is 35.5. The van der Waals surface area contributed by atoms with Crippen LogP contribution in [0, 0.1) is 17.0 Å². The van der Waals surface area contributed by atoms with Crippen molar-refractivity contribution in [2.24, 2.45) is 5.41 Å². The van der Waals surface area contributed by atoms with Crippen molar-refractivity contribution in [1.82, 2.24) is 0 Å². The van der Waals surface area contributed by atoms with Crippen LogP contribution in [0.4, 0.5) is 8.78 Å². The normalized spacial score (nSPS) is 18.6. The van der Waals surface area contributed by atoms with Crippen molar-refractivity contribution in [3.63, 3.8) is 0 Å². The molecule has 1 aromatic rings. The van der Waals surface area contributed by atoms with Crippen molar-refractivity contribution in [1.29, 1.82) is 0 Å². The molecule has 82 valence electrons. The van der Waals surface area contributed by atoms with Gasteiger partial charge in [-0.3, -0.25) is 0 Å². The fourth-order valence-electron chi connectivity index (χ4n) is 2.12. The molecule has 0 bridgehead atoms. The van der Waals surface area contributed by atoms with Crippen molar-refractivity contribution >= 4 is 11.6 Å². The molecule has 0 unspecified atom stereocenters. The van der Waals surface area contributed by atoms with Crippen molar-refractivity contribution in [3.8, 4) is 0 Å². The van der Waals surface area contributed by atoms with Crippen LogP contribution in [0.25, 0.3) is 0 Å². The van der Waals surface area contributed by atoms with Crippen molar-refractivity contribution < 1.29 is 8.78 Å². The molecule has 1 fully saturated rings. The third-order valence-corrected chi connectivity index (χ3v) is 3.84. The second-order valence-corrected chi connectivity index (χ2v) is 4.67.